The van der Waals surface area contributed by atoms with Gasteiger partial charge in [0.05, 0.1) is 9.72 Å². The molecule has 1 fully saturated rings. The summed E-state index contributed by atoms with van der Waals surface area (Å²) in [4.78, 5) is 1.40. The predicted molar refractivity (Wildman–Crippen MR) is 90.2 cm³/mol. The molecule has 3 rings (SSSR count). The minimum absolute atomic E-state index is 0.613. The molecule has 0 aliphatic heterocycles. The average molecular weight is 328 g/mol. The van der Waals surface area contributed by atoms with Crippen LogP contribution in [0.25, 0.3) is 10.1 Å². The van der Waals surface area contributed by atoms with Crippen LogP contribution in [0.3, 0.4) is 0 Å². The Morgan fingerprint density at radius 1 is 1.25 bits per heavy atom. The molecule has 108 valence electrons. The van der Waals surface area contributed by atoms with Crippen LogP contribution in [0.5, 0.6) is 0 Å². The normalized spacial score (nSPS) is 15.4. The van der Waals surface area contributed by atoms with Gasteiger partial charge in [0.25, 0.3) is 0 Å². The zero-order valence-electron chi connectivity index (χ0n) is 11.8. The van der Waals surface area contributed by atoms with Crippen molar-refractivity contribution in [1.82, 2.24) is 5.32 Å². The minimum atomic E-state index is 0.613. The number of hydrogen-bond acceptors (Lipinski definition) is 2. The first-order chi connectivity index (χ1) is 9.56. The standard InChI is InChI=1S/C16H19Cl2NS/c1-9(2)7-11-14(8-19-10-3-4-10)20-16-13(18)6-5-12(17)15(11)16/h5-6,9-10,19H,3-4,7-8H2,1-2H3. The van der Waals surface area contributed by atoms with E-state index in [2.05, 4.69) is 19.2 Å². The summed E-state index contributed by atoms with van der Waals surface area (Å²) in [5.74, 6) is 0.613. The molecule has 1 N–H and O–H groups in total. The van der Waals surface area contributed by atoms with E-state index in [1.807, 2.05) is 12.1 Å². The highest BCUT2D eigenvalue weighted by Gasteiger charge is 2.23. The molecule has 0 bridgehead atoms. The van der Waals surface area contributed by atoms with E-state index in [4.69, 9.17) is 23.2 Å². The van der Waals surface area contributed by atoms with Gasteiger partial charge >= 0.3 is 0 Å². The molecule has 0 saturated heterocycles. The maximum Gasteiger partial charge on any atom is 0.0585 e. The zero-order chi connectivity index (χ0) is 14.3. The van der Waals surface area contributed by atoms with Gasteiger partial charge in [-0.1, -0.05) is 37.0 Å². The van der Waals surface area contributed by atoms with Gasteiger partial charge in [-0.15, -0.1) is 11.3 Å². The maximum atomic E-state index is 6.43. The summed E-state index contributed by atoms with van der Waals surface area (Å²) in [5, 5.41) is 6.43. The van der Waals surface area contributed by atoms with E-state index in [0.29, 0.717) is 5.92 Å². The van der Waals surface area contributed by atoms with Crippen molar-refractivity contribution in [2.75, 3.05) is 0 Å². The van der Waals surface area contributed by atoms with Gasteiger partial charge in [0.1, 0.15) is 0 Å². The van der Waals surface area contributed by atoms with Crippen LogP contribution in [0.15, 0.2) is 12.1 Å². The van der Waals surface area contributed by atoms with Crippen LogP contribution >= 0.6 is 34.5 Å². The van der Waals surface area contributed by atoms with E-state index in [0.717, 1.165) is 33.8 Å². The number of nitrogens with one attached hydrogen (secondary N) is 1. The van der Waals surface area contributed by atoms with Crippen molar-refractivity contribution >= 4 is 44.6 Å². The molecule has 0 spiro atoms. The molecule has 1 aliphatic carbocycles. The van der Waals surface area contributed by atoms with Gasteiger partial charge in [0.2, 0.25) is 0 Å². The number of benzene rings is 1. The lowest BCUT2D eigenvalue weighted by Crippen LogP contribution is -2.15. The second-order valence-corrected chi connectivity index (χ2v) is 7.91. The summed E-state index contributed by atoms with van der Waals surface area (Å²) in [6.07, 6.45) is 3.68. The summed E-state index contributed by atoms with van der Waals surface area (Å²) < 4.78 is 1.14. The fraction of sp³-hybridized carbons (Fsp3) is 0.500. The fourth-order valence-electron chi connectivity index (χ4n) is 2.53. The smallest absolute Gasteiger partial charge is 0.0585 e. The monoisotopic (exact) mass is 327 g/mol. The SMILES string of the molecule is CC(C)Cc1c(CNC2CC2)sc2c(Cl)ccc(Cl)c12. The zero-order valence-corrected chi connectivity index (χ0v) is 14.1. The van der Waals surface area contributed by atoms with Gasteiger partial charge in [-0.3, -0.25) is 0 Å². The molecular weight excluding hydrogens is 309 g/mol. The highest BCUT2D eigenvalue weighted by molar-refractivity contribution is 7.20. The van der Waals surface area contributed by atoms with Crippen LogP contribution in [0.1, 0.15) is 37.1 Å². The van der Waals surface area contributed by atoms with Gasteiger partial charge in [0.15, 0.2) is 0 Å². The molecular formula is C16H19Cl2NS. The number of thiophene rings is 1. The lowest BCUT2D eigenvalue weighted by Gasteiger charge is -2.09. The Hall–Kier alpha value is -0.280. The maximum absolute atomic E-state index is 6.43. The third-order valence-corrected chi connectivity index (χ3v) is 5.67. The Morgan fingerprint density at radius 3 is 2.60 bits per heavy atom. The van der Waals surface area contributed by atoms with Crippen molar-refractivity contribution in [3.8, 4) is 0 Å². The fourth-order valence-corrected chi connectivity index (χ4v) is 4.34. The quantitative estimate of drug-likeness (QED) is 0.747. The lowest BCUT2D eigenvalue weighted by molar-refractivity contribution is 0.637. The third kappa shape index (κ3) is 2.99. The van der Waals surface area contributed by atoms with Crippen molar-refractivity contribution in [3.63, 3.8) is 0 Å². The van der Waals surface area contributed by atoms with Crippen LogP contribution in [-0.2, 0) is 13.0 Å². The van der Waals surface area contributed by atoms with E-state index in [9.17, 15) is 0 Å². The first kappa shape index (κ1) is 14.6. The molecule has 0 radical (unpaired) electrons. The van der Waals surface area contributed by atoms with Crippen LogP contribution in [0.2, 0.25) is 10.0 Å². The lowest BCUT2D eigenvalue weighted by atomic mass is 10.00. The van der Waals surface area contributed by atoms with Crippen molar-refractivity contribution in [2.24, 2.45) is 5.92 Å². The highest BCUT2D eigenvalue weighted by atomic mass is 35.5. The topological polar surface area (TPSA) is 12.0 Å². The molecule has 1 heterocycles. The summed E-state index contributed by atoms with van der Waals surface area (Å²) in [6.45, 7) is 5.44. The average Bonchev–Trinajstić information content (AvgIpc) is 3.14. The van der Waals surface area contributed by atoms with Gasteiger partial charge in [-0.05, 0) is 42.9 Å². The second-order valence-electron chi connectivity index (χ2n) is 5.99. The first-order valence-electron chi connectivity index (χ1n) is 7.18. The molecule has 1 aromatic carbocycles. The Bertz CT molecular complexity index is 629. The molecule has 1 nitrogen and oxygen atoms in total. The Kier molecular flexibility index (Phi) is 4.28. The number of hydrogen-bond donors (Lipinski definition) is 1. The van der Waals surface area contributed by atoms with Crippen LogP contribution < -0.4 is 5.32 Å². The van der Waals surface area contributed by atoms with Gasteiger partial charge in [0, 0.05) is 27.9 Å². The summed E-state index contributed by atoms with van der Waals surface area (Å²) >= 11 is 14.6. The van der Waals surface area contributed by atoms with E-state index < -0.39 is 0 Å². The minimum Gasteiger partial charge on any atom is -0.309 e. The number of halogens is 2. The van der Waals surface area contributed by atoms with E-state index in [1.165, 1.54) is 28.7 Å². The van der Waals surface area contributed by atoms with Crippen molar-refractivity contribution in [3.05, 3.63) is 32.6 Å². The molecule has 1 saturated carbocycles. The van der Waals surface area contributed by atoms with Crippen molar-refractivity contribution in [2.45, 2.75) is 45.7 Å². The van der Waals surface area contributed by atoms with Crippen LogP contribution in [0.4, 0.5) is 0 Å². The van der Waals surface area contributed by atoms with E-state index in [1.54, 1.807) is 11.3 Å². The number of rotatable bonds is 5. The number of fused-ring (bicyclic) bond motifs is 1. The van der Waals surface area contributed by atoms with Crippen LogP contribution in [0, 0.1) is 5.92 Å². The Labute approximate surface area is 134 Å². The molecule has 0 amide bonds. The van der Waals surface area contributed by atoms with Gasteiger partial charge in [-0.2, -0.15) is 0 Å². The molecule has 0 unspecified atom stereocenters. The highest BCUT2D eigenvalue weighted by Crippen LogP contribution is 2.41. The van der Waals surface area contributed by atoms with Gasteiger partial charge in [-0.25, -0.2) is 0 Å². The summed E-state index contributed by atoms with van der Waals surface area (Å²) in [5.41, 5.74) is 1.39. The molecule has 2 aromatic rings. The van der Waals surface area contributed by atoms with E-state index >= 15 is 0 Å². The third-order valence-electron chi connectivity index (χ3n) is 3.66. The van der Waals surface area contributed by atoms with E-state index in [-0.39, 0.29) is 0 Å². The molecule has 1 aromatic heterocycles. The van der Waals surface area contributed by atoms with Crippen molar-refractivity contribution in [1.29, 1.82) is 0 Å². The second kappa shape index (κ2) is 5.84. The largest absolute Gasteiger partial charge is 0.309 e. The molecule has 4 heteroatoms. The Balaban J connectivity index is 2.05. The summed E-state index contributed by atoms with van der Waals surface area (Å²) in [6, 6.07) is 4.54. The molecule has 1 aliphatic rings. The Morgan fingerprint density at radius 2 is 1.95 bits per heavy atom. The molecule has 20 heavy (non-hydrogen) atoms. The van der Waals surface area contributed by atoms with Crippen molar-refractivity contribution < 1.29 is 0 Å². The summed E-state index contributed by atoms with van der Waals surface area (Å²) in [7, 11) is 0. The molecule has 0 atom stereocenters. The van der Waals surface area contributed by atoms with Crippen LogP contribution in [-0.4, -0.2) is 6.04 Å². The predicted octanol–water partition coefficient (Wildman–Crippen LogP) is 5.66. The first-order valence-corrected chi connectivity index (χ1v) is 8.75. The van der Waals surface area contributed by atoms with Gasteiger partial charge < -0.3 is 5.32 Å².